The Morgan fingerprint density at radius 1 is 0.759 bits per heavy atom. The fourth-order valence-electron chi connectivity index (χ4n) is 3.35. The molecular formula is C25H40O4. The smallest absolute Gasteiger partial charge is 0.133 e. The van der Waals surface area contributed by atoms with E-state index in [0.717, 1.165) is 54.4 Å². The molecule has 4 nitrogen and oxygen atoms in total. The van der Waals surface area contributed by atoms with Crippen LogP contribution in [0.1, 0.15) is 77.7 Å². The van der Waals surface area contributed by atoms with Crippen molar-refractivity contribution in [2.75, 3.05) is 27.9 Å². The Morgan fingerprint density at radius 2 is 1.38 bits per heavy atom. The highest BCUT2D eigenvalue weighted by molar-refractivity contribution is 5.78. The summed E-state index contributed by atoms with van der Waals surface area (Å²) in [5.41, 5.74) is 2.19. The van der Waals surface area contributed by atoms with Crippen LogP contribution in [0.4, 0.5) is 0 Å². The maximum Gasteiger partial charge on any atom is 0.133 e. The Morgan fingerprint density at radius 3 is 1.90 bits per heavy atom. The number of rotatable bonds is 12. The normalized spacial score (nSPS) is 12.9. The fraction of sp³-hybridized carbons (Fsp3) is 0.600. The van der Waals surface area contributed by atoms with Crippen molar-refractivity contribution in [2.45, 2.75) is 72.1 Å². The zero-order chi connectivity index (χ0) is 21.5. The molecule has 0 heterocycles. The lowest BCUT2D eigenvalue weighted by atomic mass is 9.94. The molecule has 0 fully saturated rings. The van der Waals surface area contributed by atoms with E-state index in [0.29, 0.717) is 0 Å². The summed E-state index contributed by atoms with van der Waals surface area (Å²) in [6.07, 6.45) is 13.7. The van der Waals surface area contributed by atoms with Gasteiger partial charge in [-0.3, -0.25) is 0 Å². The number of unbranched alkanes of at least 4 members (excludes halogenated alkanes) is 5. The molecule has 0 radical (unpaired) electrons. The molecule has 2 rings (SSSR count). The third-order valence-corrected chi connectivity index (χ3v) is 4.93. The summed E-state index contributed by atoms with van der Waals surface area (Å²) >= 11 is 0. The molecule has 0 spiro atoms. The van der Waals surface area contributed by atoms with Gasteiger partial charge in [0.15, 0.2) is 0 Å². The van der Waals surface area contributed by atoms with Gasteiger partial charge in [0.2, 0.25) is 0 Å². The Hall–Kier alpha value is -2.10. The van der Waals surface area contributed by atoms with E-state index in [4.69, 9.17) is 18.9 Å². The predicted molar refractivity (Wildman–Crippen MR) is 122 cm³/mol. The van der Waals surface area contributed by atoms with Crippen LogP contribution in [0.25, 0.3) is 5.57 Å². The second-order valence-corrected chi connectivity index (χ2v) is 6.85. The summed E-state index contributed by atoms with van der Waals surface area (Å²) < 4.78 is 22.4. The summed E-state index contributed by atoms with van der Waals surface area (Å²) in [7, 11) is 4.99. The van der Waals surface area contributed by atoms with E-state index < -0.39 is 0 Å². The molecule has 1 aliphatic rings. The highest BCUT2D eigenvalue weighted by Crippen LogP contribution is 2.42. The van der Waals surface area contributed by atoms with Crippen LogP contribution in [0.5, 0.6) is 17.2 Å². The van der Waals surface area contributed by atoms with E-state index in [1.807, 2.05) is 26.0 Å². The van der Waals surface area contributed by atoms with Crippen molar-refractivity contribution in [1.29, 1.82) is 0 Å². The predicted octanol–water partition coefficient (Wildman–Crippen LogP) is 7.18. The first kappa shape index (κ1) is 24.9. The van der Waals surface area contributed by atoms with E-state index in [2.05, 4.69) is 19.1 Å². The lowest BCUT2D eigenvalue weighted by Gasteiger charge is -2.20. The molecule has 164 valence electrons. The van der Waals surface area contributed by atoms with Gasteiger partial charge in [-0.15, -0.1) is 0 Å². The third-order valence-electron chi connectivity index (χ3n) is 4.93. The molecule has 0 N–H and O–H groups in total. The maximum absolute atomic E-state index is 5.96. The van der Waals surface area contributed by atoms with E-state index in [-0.39, 0.29) is 0 Å². The summed E-state index contributed by atoms with van der Waals surface area (Å²) in [5, 5.41) is 0. The Balaban J connectivity index is 0.00000204. The minimum atomic E-state index is 0.724. The number of benzene rings is 1. The quantitative estimate of drug-likeness (QED) is 0.346. The molecule has 0 saturated carbocycles. The van der Waals surface area contributed by atoms with Crippen LogP contribution < -0.4 is 14.2 Å². The number of allylic oxidation sites excluding steroid dienone is 4. The summed E-state index contributed by atoms with van der Waals surface area (Å²) in [5.74, 6) is 3.32. The van der Waals surface area contributed by atoms with Crippen molar-refractivity contribution < 1.29 is 18.9 Å². The van der Waals surface area contributed by atoms with Crippen molar-refractivity contribution in [1.82, 2.24) is 0 Å². The van der Waals surface area contributed by atoms with Gasteiger partial charge in [-0.25, -0.2) is 0 Å². The molecule has 4 heteroatoms. The van der Waals surface area contributed by atoms with E-state index in [1.165, 1.54) is 37.7 Å². The van der Waals surface area contributed by atoms with Crippen molar-refractivity contribution in [3.8, 4) is 17.2 Å². The van der Waals surface area contributed by atoms with Gasteiger partial charge in [0.05, 0.1) is 39.3 Å². The van der Waals surface area contributed by atoms with Crippen LogP contribution in [0.2, 0.25) is 0 Å². The SMILES string of the molecule is CC.CCCCCCCCOC1=CC=C(c2c(OC)cc(OC)cc2OC)CC1. The first-order valence-electron chi connectivity index (χ1n) is 11.1. The Bertz CT molecular complexity index is 621. The van der Waals surface area contributed by atoms with Crippen LogP contribution in [0.15, 0.2) is 30.0 Å². The average Bonchev–Trinajstić information content (AvgIpc) is 2.79. The van der Waals surface area contributed by atoms with E-state index in [9.17, 15) is 0 Å². The highest BCUT2D eigenvalue weighted by Gasteiger charge is 2.19. The number of ether oxygens (including phenoxy) is 4. The van der Waals surface area contributed by atoms with E-state index in [1.54, 1.807) is 21.3 Å². The van der Waals surface area contributed by atoms with Crippen molar-refractivity contribution >= 4 is 5.57 Å². The average molecular weight is 405 g/mol. The molecular weight excluding hydrogens is 364 g/mol. The van der Waals surface area contributed by atoms with Crippen LogP contribution in [-0.4, -0.2) is 27.9 Å². The molecule has 0 bridgehead atoms. The monoisotopic (exact) mass is 404 g/mol. The van der Waals surface area contributed by atoms with Gasteiger partial charge in [-0.05, 0) is 24.5 Å². The number of hydrogen-bond donors (Lipinski definition) is 0. The van der Waals surface area contributed by atoms with Gasteiger partial charge in [0.25, 0.3) is 0 Å². The largest absolute Gasteiger partial charge is 0.498 e. The summed E-state index contributed by atoms with van der Waals surface area (Å²) in [4.78, 5) is 0. The molecule has 0 unspecified atom stereocenters. The number of hydrogen-bond acceptors (Lipinski definition) is 4. The summed E-state index contributed by atoms with van der Waals surface area (Å²) in [6.45, 7) is 7.06. The second kappa shape index (κ2) is 14.8. The molecule has 1 aromatic rings. The van der Waals surface area contributed by atoms with E-state index >= 15 is 0 Å². The molecule has 0 aromatic heterocycles. The first-order valence-corrected chi connectivity index (χ1v) is 11.1. The molecule has 0 amide bonds. The fourth-order valence-corrected chi connectivity index (χ4v) is 3.35. The number of methoxy groups -OCH3 is 3. The Labute approximate surface area is 177 Å². The van der Waals surface area contributed by atoms with Crippen molar-refractivity contribution in [3.63, 3.8) is 0 Å². The van der Waals surface area contributed by atoms with Crippen molar-refractivity contribution in [2.24, 2.45) is 0 Å². The summed E-state index contributed by atoms with van der Waals surface area (Å²) in [6, 6.07) is 3.79. The molecule has 29 heavy (non-hydrogen) atoms. The van der Waals surface area contributed by atoms with Gasteiger partial charge in [0, 0.05) is 18.6 Å². The maximum atomic E-state index is 5.96. The first-order chi connectivity index (χ1) is 14.2. The van der Waals surface area contributed by atoms with Crippen LogP contribution >= 0.6 is 0 Å². The van der Waals surface area contributed by atoms with Gasteiger partial charge in [-0.2, -0.15) is 0 Å². The molecule has 0 saturated heterocycles. The van der Waals surface area contributed by atoms with Gasteiger partial charge in [-0.1, -0.05) is 59.0 Å². The third kappa shape index (κ3) is 8.04. The van der Waals surface area contributed by atoms with Crippen LogP contribution in [0, 0.1) is 0 Å². The lowest BCUT2D eigenvalue weighted by molar-refractivity contribution is 0.195. The zero-order valence-corrected chi connectivity index (χ0v) is 19.3. The molecule has 0 aliphatic heterocycles. The second-order valence-electron chi connectivity index (χ2n) is 6.85. The van der Waals surface area contributed by atoms with Crippen LogP contribution in [-0.2, 0) is 4.74 Å². The Kier molecular flexibility index (Phi) is 12.8. The van der Waals surface area contributed by atoms with Gasteiger partial charge >= 0.3 is 0 Å². The minimum absolute atomic E-state index is 0.724. The molecule has 1 aromatic carbocycles. The zero-order valence-electron chi connectivity index (χ0n) is 19.3. The van der Waals surface area contributed by atoms with Gasteiger partial charge < -0.3 is 18.9 Å². The highest BCUT2D eigenvalue weighted by atomic mass is 16.5. The van der Waals surface area contributed by atoms with Crippen LogP contribution in [0.3, 0.4) is 0 Å². The topological polar surface area (TPSA) is 36.9 Å². The lowest BCUT2D eigenvalue weighted by Crippen LogP contribution is -2.03. The molecule has 1 aliphatic carbocycles. The molecule has 0 atom stereocenters. The van der Waals surface area contributed by atoms with Crippen molar-refractivity contribution in [3.05, 3.63) is 35.6 Å². The van der Waals surface area contributed by atoms with Gasteiger partial charge in [0.1, 0.15) is 17.2 Å². The minimum Gasteiger partial charge on any atom is -0.498 e. The standard InChI is InChI=1S/C23H34O4.C2H6/c1-5-6-7-8-9-10-15-27-19-13-11-18(12-14-19)23-21(25-3)16-20(24-2)17-22(23)26-4;1-2/h11,13,16-17H,5-10,12,14-15H2,1-4H3;1-2H3.